The highest BCUT2D eigenvalue weighted by molar-refractivity contribution is 5.77. The van der Waals surface area contributed by atoms with E-state index in [0.717, 1.165) is 11.1 Å². The van der Waals surface area contributed by atoms with Crippen molar-refractivity contribution in [2.45, 2.75) is 20.0 Å². The van der Waals surface area contributed by atoms with Gasteiger partial charge < -0.3 is 8.94 Å². The maximum absolute atomic E-state index is 13.0. The zero-order chi connectivity index (χ0) is 19.5. The summed E-state index contributed by atoms with van der Waals surface area (Å²) in [6.45, 7) is 2.92. The first-order chi connectivity index (χ1) is 13.6. The molecule has 2 aromatic carbocycles. The molecule has 2 aromatic heterocycles. The van der Waals surface area contributed by atoms with Crippen molar-refractivity contribution in [1.82, 2.24) is 20.3 Å². The normalized spacial score (nSPS) is 11.3. The van der Waals surface area contributed by atoms with E-state index in [1.165, 1.54) is 12.1 Å². The molecular formula is C21H19FN4O2. The highest BCUT2D eigenvalue weighted by Crippen LogP contribution is 2.33. The van der Waals surface area contributed by atoms with E-state index in [1.54, 1.807) is 12.1 Å². The lowest BCUT2D eigenvalue weighted by atomic mass is 10.1. The Kier molecular flexibility index (Phi) is 4.99. The molecule has 7 heteroatoms. The van der Waals surface area contributed by atoms with Crippen molar-refractivity contribution < 1.29 is 13.3 Å². The van der Waals surface area contributed by atoms with E-state index in [2.05, 4.69) is 15.4 Å². The van der Waals surface area contributed by atoms with Crippen LogP contribution in [0.5, 0.6) is 0 Å². The number of hydrogen-bond acceptors (Lipinski definition) is 6. The number of nitrogens with zero attached hydrogens (tertiary/aromatic N) is 4. The molecule has 4 aromatic rings. The van der Waals surface area contributed by atoms with Gasteiger partial charge in [-0.05, 0) is 31.7 Å². The lowest BCUT2D eigenvalue weighted by Gasteiger charge is -2.14. The van der Waals surface area contributed by atoms with Crippen LogP contribution in [-0.2, 0) is 13.1 Å². The number of rotatable bonds is 6. The minimum Gasteiger partial charge on any atom is -0.419 e. The van der Waals surface area contributed by atoms with E-state index in [0.29, 0.717) is 41.9 Å². The monoisotopic (exact) mass is 378 g/mol. The van der Waals surface area contributed by atoms with Crippen LogP contribution in [0.2, 0.25) is 0 Å². The van der Waals surface area contributed by atoms with Crippen molar-refractivity contribution >= 4 is 0 Å². The Morgan fingerprint density at radius 2 is 1.71 bits per heavy atom. The number of halogens is 1. The van der Waals surface area contributed by atoms with Gasteiger partial charge in [0.15, 0.2) is 0 Å². The molecule has 142 valence electrons. The predicted molar refractivity (Wildman–Crippen MR) is 102 cm³/mol. The van der Waals surface area contributed by atoms with Gasteiger partial charge in [-0.15, -0.1) is 10.2 Å². The summed E-state index contributed by atoms with van der Waals surface area (Å²) in [7, 11) is 1.94. The standard InChI is InChI=1S/C21H19FN4O2/c1-14-19(20(25-28-14)16-6-4-3-5-7-16)21-24-23-18(27-21)13-26(2)12-15-8-10-17(22)11-9-15/h3-11H,12-13H2,1-2H3. The summed E-state index contributed by atoms with van der Waals surface area (Å²) in [4.78, 5) is 2.02. The summed E-state index contributed by atoms with van der Waals surface area (Å²) in [6.07, 6.45) is 0. The highest BCUT2D eigenvalue weighted by atomic mass is 19.1. The Balaban J connectivity index is 1.52. The van der Waals surface area contributed by atoms with E-state index >= 15 is 0 Å². The average molecular weight is 378 g/mol. The van der Waals surface area contributed by atoms with Crippen LogP contribution >= 0.6 is 0 Å². The maximum atomic E-state index is 13.0. The molecule has 6 nitrogen and oxygen atoms in total. The molecule has 0 aliphatic heterocycles. The van der Waals surface area contributed by atoms with Gasteiger partial charge in [-0.1, -0.05) is 47.6 Å². The molecule has 0 spiro atoms. The smallest absolute Gasteiger partial charge is 0.253 e. The second-order valence-corrected chi connectivity index (χ2v) is 6.63. The number of aryl methyl sites for hydroxylation is 1. The number of aromatic nitrogens is 3. The molecule has 0 radical (unpaired) electrons. The molecule has 0 fully saturated rings. The first kappa shape index (κ1) is 18.1. The van der Waals surface area contributed by atoms with E-state index in [1.807, 2.05) is 49.2 Å². The van der Waals surface area contributed by atoms with Crippen molar-refractivity contribution in [3.05, 3.63) is 77.6 Å². The summed E-state index contributed by atoms with van der Waals surface area (Å²) < 4.78 is 24.3. The fourth-order valence-corrected chi connectivity index (χ4v) is 3.02. The molecular weight excluding hydrogens is 359 g/mol. The molecule has 0 aliphatic carbocycles. The van der Waals surface area contributed by atoms with Gasteiger partial charge in [0.1, 0.15) is 22.8 Å². The quantitative estimate of drug-likeness (QED) is 0.493. The molecule has 0 aliphatic rings. The molecule has 0 N–H and O–H groups in total. The summed E-state index contributed by atoms with van der Waals surface area (Å²) in [5.74, 6) is 1.24. The first-order valence-electron chi connectivity index (χ1n) is 8.87. The van der Waals surface area contributed by atoms with Crippen LogP contribution in [0.1, 0.15) is 17.2 Å². The van der Waals surface area contributed by atoms with Crippen LogP contribution in [0.15, 0.2) is 63.5 Å². The third-order valence-corrected chi connectivity index (χ3v) is 4.36. The molecule has 0 saturated heterocycles. The van der Waals surface area contributed by atoms with Crippen LogP contribution in [0.4, 0.5) is 4.39 Å². The van der Waals surface area contributed by atoms with Gasteiger partial charge in [0.05, 0.1) is 6.54 Å². The van der Waals surface area contributed by atoms with Crippen LogP contribution in [0.3, 0.4) is 0 Å². The Morgan fingerprint density at radius 1 is 0.964 bits per heavy atom. The Morgan fingerprint density at radius 3 is 2.46 bits per heavy atom. The fourth-order valence-electron chi connectivity index (χ4n) is 3.02. The van der Waals surface area contributed by atoms with Crippen molar-refractivity contribution in [1.29, 1.82) is 0 Å². The molecule has 0 unspecified atom stereocenters. The van der Waals surface area contributed by atoms with Gasteiger partial charge in [0.2, 0.25) is 5.89 Å². The zero-order valence-electron chi connectivity index (χ0n) is 15.6. The van der Waals surface area contributed by atoms with E-state index < -0.39 is 0 Å². The SMILES string of the molecule is Cc1onc(-c2ccccc2)c1-c1nnc(CN(C)Cc2ccc(F)cc2)o1. The Bertz CT molecular complexity index is 1060. The van der Waals surface area contributed by atoms with Gasteiger partial charge in [-0.3, -0.25) is 4.90 Å². The minimum atomic E-state index is -0.244. The molecule has 0 amide bonds. The first-order valence-corrected chi connectivity index (χ1v) is 8.87. The number of benzene rings is 2. The topological polar surface area (TPSA) is 68.2 Å². The third-order valence-electron chi connectivity index (χ3n) is 4.36. The summed E-state index contributed by atoms with van der Waals surface area (Å²) >= 11 is 0. The van der Waals surface area contributed by atoms with Crippen molar-refractivity contribution in [2.24, 2.45) is 0 Å². The van der Waals surface area contributed by atoms with Crippen molar-refractivity contribution in [2.75, 3.05) is 7.05 Å². The Hall–Kier alpha value is -3.32. The minimum absolute atomic E-state index is 0.244. The van der Waals surface area contributed by atoms with Crippen molar-refractivity contribution in [3.8, 4) is 22.7 Å². The molecule has 0 saturated carbocycles. The molecule has 0 bridgehead atoms. The van der Waals surface area contributed by atoms with Crippen LogP contribution in [-0.4, -0.2) is 27.3 Å². The maximum Gasteiger partial charge on any atom is 0.253 e. The van der Waals surface area contributed by atoms with E-state index in [-0.39, 0.29) is 5.82 Å². The lowest BCUT2D eigenvalue weighted by Crippen LogP contribution is -2.17. The van der Waals surface area contributed by atoms with Gasteiger partial charge in [0, 0.05) is 12.1 Å². The summed E-state index contributed by atoms with van der Waals surface area (Å²) in [6, 6.07) is 16.2. The highest BCUT2D eigenvalue weighted by Gasteiger charge is 2.22. The van der Waals surface area contributed by atoms with Crippen molar-refractivity contribution in [3.63, 3.8) is 0 Å². The molecule has 28 heavy (non-hydrogen) atoms. The van der Waals surface area contributed by atoms with Crippen LogP contribution in [0.25, 0.3) is 22.7 Å². The van der Waals surface area contributed by atoms with Gasteiger partial charge in [0.25, 0.3) is 5.89 Å². The largest absolute Gasteiger partial charge is 0.419 e. The van der Waals surface area contributed by atoms with E-state index in [9.17, 15) is 4.39 Å². The van der Waals surface area contributed by atoms with Gasteiger partial charge in [-0.25, -0.2) is 4.39 Å². The Labute approximate surface area is 161 Å². The summed E-state index contributed by atoms with van der Waals surface area (Å²) in [5.41, 5.74) is 3.30. The zero-order valence-corrected chi connectivity index (χ0v) is 15.6. The van der Waals surface area contributed by atoms with Crippen LogP contribution < -0.4 is 0 Å². The van der Waals surface area contributed by atoms with Crippen LogP contribution in [0, 0.1) is 12.7 Å². The molecule has 0 atom stereocenters. The second kappa shape index (κ2) is 7.74. The van der Waals surface area contributed by atoms with Gasteiger partial charge in [-0.2, -0.15) is 0 Å². The molecule has 4 rings (SSSR count). The average Bonchev–Trinajstić information content (AvgIpc) is 3.30. The fraction of sp³-hybridized carbons (Fsp3) is 0.190. The lowest BCUT2D eigenvalue weighted by molar-refractivity contribution is 0.282. The third kappa shape index (κ3) is 3.84. The van der Waals surface area contributed by atoms with Gasteiger partial charge >= 0.3 is 0 Å². The number of hydrogen-bond donors (Lipinski definition) is 0. The molecule has 2 heterocycles. The second-order valence-electron chi connectivity index (χ2n) is 6.63. The van der Waals surface area contributed by atoms with E-state index in [4.69, 9.17) is 8.94 Å². The summed E-state index contributed by atoms with van der Waals surface area (Å²) in [5, 5.41) is 12.5. The predicted octanol–water partition coefficient (Wildman–Crippen LogP) is 4.47.